The minimum atomic E-state index is 0.796. The molecule has 1 unspecified atom stereocenters. The maximum atomic E-state index is 3.58. The van der Waals surface area contributed by atoms with E-state index in [-0.39, 0.29) is 0 Å². The van der Waals surface area contributed by atoms with Crippen LogP contribution in [0.4, 0.5) is 0 Å². The molecule has 0 aliphatic carbocycles. The lowest BCUT2D eigenvalue weighted by molar-refractivity contribution is 0.386. The third kappa shape index (κ3) is 3.95. The highest BCUT2D eigenvalue weighted by molar-refractivity contribution is 9.11. The van der Waals surface area contributed by atoms with E-state index < -0.39 is 0 Å². The molecule has 1 aromatic rings. The summed E-state index contributed by atoms with van der Waals surface area (Å²) in [6.07, 6.45) is 5.24. The van der Waals surface area contributed by atoms with Gasteiger partial charge in [0.1, 0.15) is 0 Å². The zero-order valence-electron chi connectivity index (χ0n) is 9.47. The first-order chi connectivity index (χ1) is 7.19. The van der Waals surface area contributed by atoms with Crippen LogP contribution in [0.15, 0.2) is 21.3 Å². The van der Waals surface area contributed by atoms with E-state index in [1.807, 2.05) is 0 Å². The van der Waals surface area contributed by atoms with Crippen LogP contribution in [-0.4, -0.2) is 4.57 Å². The van der Waals surface area contributed by atoms with Crippen LogP contribution in [0.3, 0.4) is 0 Å². The van der Waals surface area contributed by atoms with Gasteiger partial charge in [-0.1, -0.05) is 33.1 Å². The molecule has 1 atom stereocenters. The molecule has 1 aromatic heterocycles. The van der Waals surface area contributed by atoms with Gasteiger partial charge in [0.2, 0.25) is 0 Å². The van der Waals surface area contributed by atoms with Crippen molar-refractivity contribution < 1.29 is 0 Å². The van der Waals surface area contributed by atoms with E-state index in [4.69, 9.17) is 0 Å². The predicted molar refractivity (Wildman–Crippen MR) is 73.1 cm³/mol. The summed E-state index contributed by atoms with van der Waals surface area (Å²) in [5.41, 5.74) is 0. The highest BCUT2D eigenvalue weighted by Gasteiger charge is 2.10. The van der Waals surface area contributed by atoms with Crippen LogP contribution in [0.25, 0.3) is 0 Å². The molecule has 0 amide bonds. The Balaban J connectivity index is 2.58. The molecule has 0 fully saturated rings. The summed E-state index contributed by atoms with van der Waals surface area (Å²) < 4.78 is 4.64. The highest BCUT2D eigenvalue weighted by Crippen LogP contribution is 2.24. The molecule has 0 saturated heterocycles. The molecule has 0 aliphatic rings. The Morgan fingerprint density at radius 1 is 1.20 bits per heavy atom. The first kappa shape index (κ1) is 13.3. The smallest absolute Gasteiger partial charge is 0.0855 e. The molecular weight excluding hydrogens is 318 g/mol. The first-order valence-electron chi connectivity index (χ1n) is 5.69. The van der Waals surface area contributed by atoms with Gasteiger partial charge in [-0.25, -0.2) is 0 Å². The maximum Gasteiger partial charge on any atom is 0.0855 e. The van der Waals surface area contributed by atoms with Crippen LogP contribution in [0.1, 0.15) is 39.5 Å². The normalized spacial score (nSPS) is 13.1. The number of hydrogen-bond acceptors (Lipinski definition) is 0. The first-order valence-corrected chi connectivity index (χ1v) is 7.28. The van der Waals surface area contributed by atoms with Gasteiger partial charge in [0.15, 0.2) is 0 Å². The van der Waals surface area contributed by atoms with E-state index in [0.29, 0.717) is 0 Å². The van der Waals surface area contributed by atoms with Gasteiger partial charge in [0, 0.05) is 6.54 Å². The van der Waals surface area contributed by atoms with Crippen LogP contribution in [-0.2, 0) is 6.54 Å². The Labute approximate surface area is 110 Å². The van der Waals surface area contributed by atoms with Crippen molar-refractivity contribution in [3.63, 3.8) is 0 Å². The monoisotopic (exact) mass is 335 g/mol. The van der Waals surface area contributed by atoms with Crippen LogP contribution >= 0.6 is 31.9 Å². The zero-order chi connectivity index (χ0) is 11.3. The number of nitrogens with zero attached hydrogens (tertiary/aromatic N) is 1. The molecule has 1 nitrogen and oxygen atoms in total. The van der Waals surface area contributed by atoms with E-state index in [2.05, 4.69) is 62.4 Å². The third-order valence-corrected chi connectivity index (χ3v) is 4.24. The van der Waals surface area contributed by atoms with Crippen molar-refractivity contribution >= 4 is 31.9 Å². The van der Waals surface area contributed by atoms with Crippen molar-refractivity contribution in [2.75, 3.05) is 0 Å². The summed E-state index contributed by atoms with van der Waals surface area (Å²) in [5, 5.41) is 0. The molecular formula is C12H19Br2N. The molecule has 1 heterocycles. The van der Waals surface area contributed by atoms with Crippen molar-refractivity contribution in [2.45, 2.75) is 46.1 Å². The SMILES string of the molecule is CCCCC(CC)Cn1c(Br)ccc1Br. The van der Waals surface area contributed by atoms with Crippen molar-refractivity contribution in [3.05, 3.63) is 21.3 Å². The molecule has 86 valence electrons. The molecule has 0 saturated carbocycles. The Hall–Kier alpha value is 0.240. The van der Waals surface area contributed by atoms with E-state index in [0.717, 1.165) is 12.5 Å². The zero-order valence-corrected chi connectivity index (χ0v) is 12.6. The molecule has 1 rings (SSSR count). The largest absolute Gasteiger partial charge is 0.330 e. The van der Waals surface area contributed by atoms with E-state index in [9.17, 15) is 0 Å². The Bertz CT molecular complexity index is 274. The summed E-state index contributed by atoms with van der Waals surface area (Å²) in [6.45, 7) is 5.66. The van der Waals surface area contributed by atoms with Crippen LogP contribution < -0.4 is 0 Å². The van der Waals surface area contributed by atoms with Gasteiger partial charge < -0.3 is 4.57 Å². The van der Waals surface area contributed by atoms with Crippen LogP contribution in [0.2, 0.25) is 0 Å². The van der Waals surface area contributed by atoms with Gasteiger partial charge in [-0.05, 0) is 56.3 Å². The van der Waals surface area contributed by atoms with Gasteiger partial charge >= 0.3 is 0 Å². The molecule has 0 N–H and O–H groups in total. The van der Waals surface area contributed by atoms with Crippen molar-refractivity contribution in [2.24, 2.45) is 5.92 Å². The van der Waals surface area contributed by atoms with Gasteiger partial charge in [0.05, 0.1) is 9.21 Å². The van der Waals surface area contributed by atoms with Crippen molar-refractivity contribution in [1.82, 2.24) is 4.57 Å². The molecule has 15 heavy (non-hydrogen) atoms. The quantitative estimate of drug-likeness (QED) is 0.670. The average Bonchev–Trinajstić information content (AvgIpc) is 2.55. The highest BCUT2D eigenvalue weighted by atomic mass is 79.9. The van der Waals surface area contributed by atoms with Gasteiger partial charge in [-0.15, -0.1) is 0 Å². The van der Waals surface area contributed by atoms with Gasteiger partial charge in [-0.2, -0.15) is 0 Å². The number of hydrogen-bond donors (Lipinski definition) is 0. The number of rotatable bonds is 6. The molecule has 0 aromatic carbocycles. The standard InChI is InChI=1S/C12H19Br2N/c1-3-5-6-10(4-2)9-15-11(13)7-8-12(15)14/h7-8,10H,3-6,9H2,1-2H3. The average molecular weight is 337 g/mol. The van der Waals surface area contributed by atoms with Crippen LogP contribution in [0, 0.1) is 5.92 Å². The second-order valence-electron chi connectivity index (χ2n) is 4.01. The van der Waals surface area contributed by atoms with Gasteiger partial charge in [-0.3, -0.25) is 0 Å². The fourth-order valence-electron chi connectivity index (χ4n) is 1.77. The summed E-state index contributed by atoms with van der Waals surface area (Å²) in [6, 6.07) is 4.19. The maximum absolute atomic E-state index is 3.58. The summed E-state index contributed by atoms with van der Waals surface area (Å²) in [5.74, 6) is 0.796. The lowest BCUT2D eigenvalue weighted by Gasteiger charge is -2.17. The molecule has 0 radical (unpaired) electrons. The van der Waals surface area contributed by atoms with Crippen molar-refractivity contribution in [1.29, 1.82) is 0 Å². The lowest BCUT2D eigenvalue weighted by atomic mass is 9.99. The molecule has 0 spiro atoms. The summed E-state index contributed by atoms with van der Waals surface area (Å²) in [7, 11) is 0. The van der Waals surface area contributed by atoms with E-state index in [1.54, 1.807) is 0 Å². The lowest BCUT2D eigenvalue weighted by Crippen LogP contribution is -2.10. The van der Waals surface area contributed by atoms with Gasteiger partial charge in [0.25, 0.3) is 0 Å². The fourth-order valence-corrected chi connectivity index (χ4v) is 2.94. The topological polar surface area (TPSA) is 4.93 Å². The molecule has 3 heteroatoms. The second-order valence-corrected chi connectivity index (χ2v) is 5.63. The Morgan fingerprint density at radius 3 is 2.27 bits per heavy atom. The Kier molecular flexibility index (Phi) is 5.98. The molecule has 0 bridgehead atoms. The van der Waals surface area contributed by atoms with E-state index in [1.165, 1.54) is 34.9 Å². The number of aromatic nitrogens is 1. The minimum Gasteiger partial charge on any atom is -0.330 e. The summed E-state index contributed by atoms with van der Waals surface area (Å²) in [4.78, 5) is 0. The van der Waals surface area contributed by atoms with Crippen molar-refractivity contribution in [3.8, 4) is 0 Å². The number of halogens is 2. The fraction of sp³-hybridized carbons (Fsp3) is 0.667. The second kappa shape index (κ2) is 6.74. The van der Waals surface area contributed by atoms with E-state index >= 15 is 0 Å². The minimum absolute atomic E-state index is 0.796. The summed E-state index contributed by atoms with van der Waals surface area (Å²) >= 11 is 7.15. The van der Waals surface area contributed by atoms with Crippen LogP contribution in [0.5, 0.6) is 0 Å². The Morgan fingerprint density at radius 2 is 1.80 bits per heavy atom. The predicted octanol–water partition coefficient (Wildman–Crippen LogP) is 5.23. The molecule has 0 aliphatic heterocycles. The third-order valence-electron chi connectivity index (χ3n) is 2.86. The number of unbranched alkanes of at least 4 members (excludes halogenated alkanes) is 1.